The van der Waals surface area contributed by atoms with Crippen molar-refractivity contribution >= 4 is 60.6 Å². The molecule has 2 aromatic heterocycles. The first kappa shape index (κ1) is 30.2. The van der Waals surface area contributed by atoms with Crippen LogP contribution in [0.5, 0.6) is 17.2 Å². The summed E-state index contributed by atoms with van der Waals surface area (Å²) in [5.74, 6) is -4.29. The molecule has 41 heavy (non-hydrogen) atoms. The second kappa shape index (κ2) is 12.8. The minimum absolute atomic E-state index is 0.0569. The number of carboxylic acids is 2. The summed E-state index contributed by atoms with van der Waals surface area (Å²) >= 11 is 2.21. The number of aliphatic carboxylic acids is 2. The van der Waals surface area contributed by atoms with E-state index in [1.165, 1.54) is 24.5 Å². The number of fused-ring (bicyclic) bond motifs is 2. The lowest BCUT2D eigenvalue weighted by atomic mass is 10.1. The molecule has 0 aliphatic heterocycles. The Morgan fingerprint density at radius 3 is 2.15 bits per heavy atom. The van der Waals surface area contributed by atoms with Gasteiger partial charge in [-0.15, -0.1) is 22.7 Å². The largest absolute Gasteiger partial charge is 0.496 e. The van der Waals surface area contributed by atoms with Crippen molar-refractivity contribution in [3.63, 3.8) is 0 Å². The van der Waals surface area contributed by atoms with Gasteiger partial charge in [0.2, 0.25) is 0 Å². The molecule has 4 rings (SSSR count). The monoisotopic (exact) mass is 606 g/mol. The topological polar surface area (TPSA) is 119 Å². The molecule has 0 bridgehead atoms. The Balaban J connectivity index is 1.44. The summed E-state index contributed by atoms with van der Waals surface area (Å²) in [4.78, 5) is 34.2. The van der Waals surface area contributed by atoms with Gasteiger partial charge in [-0.2, -0.15) is 0 Å². The van der Waals surface area contributed by atoms with Gasteiger partial charge in [0, 0.05) is 28.3 Å². The average Bonchev–Trinajstić information content (AvgIpc) is 3.55. The number of aryl methyl sites for hydroxylation is 1. The third-order valence-corrected chi connectivity index (χ3v) is 8.77. The zero-order valence-corrected chi connectivity index (χ0v) is 24.0. The van der Waals surface area contributed by atoms with E-state index in [9.17, 15) is 23.2 Å². The number of benzene rings is 2. The van der Waals surface area contributed by atoms with Crippen molar-refractivity contribution in [1.82, 2.24) is 0 Å². The highest BCUT2D eigenvalue weighted by atomic mass is 32.1. The van der Waals surface area contributed by atoms with E-state index < -0.39 is 30.7 Å². The predicted molar refractivity (Wildman–Crippen MR) is 153 cm³/mol. The summed E-state index contributed by atoms with van der Waals surface area (Å²) in [7, 11) is 3.03. The minimum atomic E-state index is -3.26. The summed E-state index contributed by atoms with van der Waals surface area (Å²) in [5, 5.41) is 19.0. The summed E-state index contributed by atoms with van der Waals surface area (Å²) in [6.45, 7) is 0.305. The lowest BCUT2D eigenvalue weighted by molar-refractivity contribution is -0.139. The van der Waals surface area contributed by atoms with Crippen LogP contribution in [0.3, 0.4) is 0 Å². The molecule has 0 radical (unpaired) electrons. The van der Waals surface area contributed by atoms with Crippen LogP contribution in [0.1, 0.15) is 52.2 Å². The molecule has 0 atom stereocenters. The molecule has 4 aromatic rings. The molecule has 8 nitrogen and oxygen atoms in total. The standard InChI is InChI=1S/C29H28F2O8S2/c1-37-20-10-17-13-25(19(32)5-6-27(33)34)40-23(17)12-16(20)4-3-9-39-22-15-24-18(11-21(22)38-2)14-26(41-24)29(30,31)8-7-28(35)36/h10-15H,3-9H2,1-2H3,(H,33,34)(H,35,36). The molecule has 2 aromatic carbocycles. The second-order valence-corrected chi connectivity index (χ2v) is 11.5. The zero-order valence-electron chi connectivity index (χ0n) is 22.3. The van der Waals surface area contributed by atoms with Gasteiger partial charge in [0.1, 0.15) is 5.75 Å². The Kier molecular flexibility index (Phi) is 9.44. The van der Waals surface area contributed by atoms with E-state index in [1.54, 1.807) is 25.3 Å². The third kappa shape index (κ3) is 7.31. The molecule has 0 unspecified atom stereocenters. The summed E-state index contributed by atoms with van der Waals surface area (Å²) in [5.41, 5.74) is 0.920. The van der Waals surface area contributed by atoms with Crippen LogP contribution in [-0.2, 0) is 21.9 Å². The molecule has 0 amide bonds. The molecule has 0 saturated carbocycles. The minimum Gasteiger partial charge on any atom is -0.496 e. The molecule has 0 spiro atoms. The number of methoxy groups -OCH3 is 2. The number of halogens is 2. The van der Waals surface area contributed by atoms with Gasteiger partial charge >= 0.3 is 11.9 Å². The van der Waals surface area contributed by atoms with E-state index in [0.717, 1.165) is 27.0 Å². The number of ketones is 1. The van der Waals surface area contributed by atoms with E-state index in [2.05, 4.69) is 0 Å². The number of hydrogen-bond donors (Lipinski definition) is 2. The van der Waals surface area contributed by atoms with E-state index >= 15 is 0 Å². The first-order chi connectivity index (χ1) is 19.5. The van der Waals surface area contributed by atoms with E-state index in [0.29, 0.717) is 51.7 Å². The third-order valence-electron chi connectivity index (χ3n) is 6.42. The van der Waals surface area contributed by atoms with Crippen molar-refractivity contribution in [1.29, 1.82) is 0 Å². The second-order valence-electron chi connectivity index (χ2n) is 9.33. The highest BCUT2D eigenvalue weighted by molar-refractivity contribution is 7.20. The Labute approximate surface area is 242 Å². The number of carbonyl (C=O) groups is 3. The maximum atomic E-state index is 14.5. The van der Waals surface area contributed by atoms with Crippen LogP contribution in [0.4, 0.5) is 8.78 Å². The molecule has 218 valence electrons. The first-order valence-electron chi connectivity index (χ1n) is 12.7. The average molecular weight is 607 g/mol. The summed E-state index contributed by atoms with van der Waals surface area (Å²) in [6, 6.07) is 10.2. The number of ether oxygens (including phenoxy) is 3. The van der Waals surface area contributed by atoms with Crippen molar-refractivity contribution in [3.05, 3.63) is 51.7 Å². The number of hydrogen-bond acceptors (Lipinski definition) is 8. The lowest BCUT2D eigenvalue weighted by Crippen LogP contribution is -2.13. The van der Waals surface area contributed by atoms with Gasteiger partial charge in [0.15, 0.2) is 17.3 Å². The number of carboxylic acid groups (broad SMARTS) is 2. The van der Waals surface area contributed by atoms with Gasteiger partial charge in [-0.1, -0.05) is 0 Å². The molecule has 0 aliphatic rings. The van der Waals surface area contributed by atoms with Gasteiger partial charge in [-0.05, 0) is 59.5 Å². The highest BCUT2D eigenvalue weighted by Crippen LogP contribution is 2.43. The Morgan fingerprint density at radius 2 is 1.46 bits per heavy atom. The van der Waals surface area contributed by atoms with Crippen LogP contribution in [0, 0.1) is 0 Å². The summed E-state index contributed by atoms with van der Waals surface area (Å²) < 4.78 is 47.5. The van der Waals surface area contributed by atoms with Crippen molar-refractivity contribution in [3.8, 4) is 17.2 Å². The molecular formula is C29H28F2O8S2. The van der Waals surface area contributed by atoms with E-state index in [4.69, 9.17) is 24.4 Å². The van der Waals surface area contributed by atoms with Crippen molar-refractivity contribution in [2.75, 3.05) is 20.8 Å². The smallest absolute Gasteiger partial charge is 0.303 e. The Hall–Kier alpha value is -3.77. The summed E-state index contributed by atoms with van der Waals surface area (Å²) in [6.07, 6.45) is -0.483. The Bertz CT molecular complexity index is 1590. The Morgan fingerprint density at radius 1 is 0.805 bits per heavy atom. The molecular weight excluding hydrogens is 578 g/mol. The fourth-order valence-electron chi connectivity index (χ4n) is 4.31. The van der Waals surface area contributed by atoms with Crippen LogP contribution in [0.15, 0.2) is 36.4 Å². The maximum absolute atomic E-state index is 14.5. The zero-order chi connectivity index (χ0) is 29.7. The van der Waals surface area contributed by atoms with Crippen LogP contribution in [0.2, 0.25) is 0 Å². The molecule has 0 saturated heterocycles. The van der Waals surface area contributed by atoms with Crippen LogP contribution in [0.25, 0.3) is 20.2 Å². The first-order valence-corrected chi connectivity index (χ1v) is 14.3. The molecule has 0 fully saturated rings. The normalized spacial score (nSPS) is 11.6. The van der Waals surface area contributed by atoms with Gasteiger partial charge < -0.3 is 24.4 Å². The van der Waals surface area contributed by atoms with Crippen molar-refractivity contribution in [2.24, 2.45) is 0 Å². The van der Waals surface area contributed by atoms with Crippen LogP contribution >= 0.6 is 22.7 Å². The van der Waals surface area contributed by atoms with Gasteiger partial charge in [0.25, 0.3) is 5.92 Å². The maximum Gasteiger partial charge on any atom is 0.303 e. The fraction of sp³-hybridized carbons (Fsp3) is 0.345. The van der Waals surface area contributed by atoms with Gasteiger partial charge in [0.05, 0.1) is 43.4 Å². The SMILES string of the molecule is COc1cc2cc(C(=O)CCC(=O)O)sc2cc1CCCOc1cc2sc(C(F)(F)CCC(=O)O)cc2cc1OC. The quantitative estimate of drug-likeness (QED) is 0.108. The number of carbonyl (C=O) groups excluding carboxylic acids is 1. The van der Waals surface area contributed by atoms with Crippen LogP contribution in [-0.4, -0.2) is 48.8 Å². The van der Waals surface area contributed by atoms with Gasteiger partial charge in [-0.25, -0.2) is 8.78 Å². The van der Waals surface area contributed by atoms with Crippen molar-refractivity contribution in [2.45, 2.75) is 44.4 Å². The molecule has 2 heterocycles. The number of alkyl halides is 2. The molecule has 2 N–H and O–H groups in total. The molecule has 0 aliphatic carbocycles. The van der Waals surface area contributed by atoms with E-state index in [1.807, 2.05) is 12.1 Å². The lowest BCUT2D eigenvalue weighted by Gasteiger charge is -2.12. The highest BCUT2D eigenvalue weighted by Gasteiger charge is 2.34. The van der Waals surface area contributed by atoms with Crippen LogP contribution < -0.4 is 14.2 Å². The fourth-order valence-corrected chi connectivity index (χ4v) is 6.46. The molecule has 12 heteroatoms. The van der Waals surface area contributed by atoms with E-state index in [-0.39, 0.29) is 23.5 Å². The van der Waals surface area contributed by atoms with Gasteiger partial charge in [-0.3, -0.25) is 14.4 Å². The number of rotatable bonds is 15. The predicted octanol–water partition coefficient (Wildman–Crippen LogP) is 7.15. The number of thiophene rings is 2. The van der Waals surface area contributed by atoms with Crippen molar-refractivity contribution < 1.29 is 47.6 Å². The number of Topliss-reactive ketones (excluding diaryl/α,β-unsaturated/α-hetero) is 1.